The Kier molecular flexibility index (Phi) is 2.82. The number of imidazole rings is 1. The maximum atomic E-state index is 12.2. The molecule has 1 aromatic carbocycles. The highest BCUT2D eigenvalue weighted by atomic mass is 16.1. The molecule has 3 heterocycles. The number of nitrogens with zero attached hydrogens (tertiary/aromatic N) is 4. The normalized spacial score (nSPS) is 11.1. The molecular weight excluding hydrogens is 280 g/mol. The molecular formula is C15H12N6O. The van der Waals surface area contributed by atoms with Gasteiger partial charge in [0, 0.05) is 11.8 Å². The number of aromatic amines is 1. The third-order valence-corrected chi connectivity index (χ3v) is 3.47. The molecule has 0 unspecified atom stereocenters. The number of pyridine rings is 1. The monoisotopic (exact) mass is 292 g/mol. The Labute approximate surface area is 125 Å². The molecule has 108 valence electrons. The number of rotatable bonds is 3. The number of benzene rings is 1. The van der Waals surface area contributed by atoms with E-state index in [0.717, 1.165) is 16.7 Å². The first kappa shape index (κ1) is 12.5. The summed E-state index contributed by atoms with van der Waals surface area (Å²) in [5.41, 5.74) is 3.00. The Bertz CT molecular complexity index is 970. The lowest BCUT2D eigenvalue weighted by Gasteiger charge is -2.04. The van der Waals surface area contributed by atoms with Crippen LogP contribution in [0.15, 0.2) is 48.9 Å². The van der Waals surface area contributed by atoms with E-state index in [-0.39, 0.29) is 5.91 Å². The third-order valence-electron chi connectivity index (χ3n) is 3.47. The SMILES string of the molecule is O=C(NCc1nnc2ccccn12)c1ccc2nc[nH]c2c1. The first-order valence-corrected chi connectivity index (χ1v) is 6.81. The molecule has 0 radical (unpaired) electrons. The standard InChI is InChI=1S/C15H12N6O/c22-15(10-4-5-11-12(7-10)18-9-17-11)16-8-14-20-19-13-3-1-2-6-21(13)14/h1-7,9H,8H2,(H,16,22)(H,17,18). The van der Waals surface area contributed by atoms with E-state index in [1.54, 1.807) is 18.5 Å². The van der Waals surface area contributed by atoms with Crippen LogP contribution in [0.4, 0.5) is 0 Å². The molecule has 0 saturated carbocycles. The highest BCUT2D eigenvalue weighted by molar-refractivity contribution is 5.97. The Hall–Kier alpha value is -3.22. The molecule has 0 fully saturated rings. The van der Waals surface area contributed by atoms with Crippen molar-refractivity contribution in [3.8, 4) is 0 Å². The second kappa shape index (κ2) is 4.96. The van der Waals surface area contributed by atoms with E-state index in [1.165, 1.54) is 0 Å². The molecule has 22 heavy (non-hydrogen) atoms. The second-order valence-corrected chi connectivity index (χ2v) is 4.86. The van der Waals surface area contributed by atoms with Crippen molar-refractivity contribution in [3.63, 3.8) is 0 Å². The van der Waals surface area contributed by atoms with Gasteiger partial charge in [0.15, 0.2) is 11.5 Å². The fraction of sp³-hybridized carbons (Fsp3) is 0.0667. The summed E-state index contributed by atoms with van der Waals surface area (Å²) >= 11 is 0. The van der Waals surface area contributed by atoms with Crippen LogP contribution >= 0.6 is 0 Å². The van der Waals surface area contributed by atoms with Crippen molar-refractivity contribution >= 4 is 22.6 Å². The minimum absolute atomic E-state index is 0.163. The number of aromatic nitrogens is 5. The molecule has 0 saturated heterocycles. The van der Waals surface area contributed by atoms with E-state index in [2.05, 4.69) is 25.5 Å². The van der Waals surface area contributed by atoms with Crippen LogP contribution in [0.3, 0.4) is 0 Å². The number of H-pyrrole nitrogens is 1. The van der Waals surface area contributed by atoms with Crippen molar-refractivity contribution in [2.45, 2.75) is 6.54 Å². The van der Waals surface area contributed by atoms with Crippen LogP contribution < -0.4 is 5.32 Å². The summed E-state index contributed by atoms with van der Waals surface area (Å²) in [7, 11) is 0. The van der Waals surface area contributed by atoms with E-state index in [0.29, 0.717) is 17.9 Å². The largest absolute Gasteiger partial charge is 0.345 e. The Balaban J connectivity index is 1.54. The number of amides is 1. The lowest BCUT2D eigenvalue weighted by atomic mass is 10.2. The molecule has 2 N–H and O–H groups in total. The molecule has 0 aliphatic carbocycles. The van der Waals surface area contributed by atoms with Gasteiger partial charge in [-0.05, 0) is 30.3 Å². The van der Waals surface area contributed by atoms with Crippen molar-refractivity contribution in [1.29, 1.82) is 0 Å². The fourth-order valence-corrected chi connectivity index (χ4v) is 2.35. The molecule has 0 spiro atoms. The van der Waals surface area contributed by atoms with Gasteiger partial charge in [-0.2, -0.15) is 0 Å². The van der Waals surface area contributed by atoms with Crippen LogP contribution in [0.5, 0.6) is 0 Å². The Morgan fingerprint density at radius 1 is 1.23 bits per heavy atom. The average molecular weight is 292 g/mol. The van der Waals surface area contributed by atoms with Gasteiger partial charge < -0.3 is 10.3 Å². The van der Waals surface area contributed by atoms with Crippen molar-refractivity contribution < 1.29 is 4.79 Å². The summed E-state index contributed by atoms with van der Waals surface area (Å²) in [5.74, 6) is 0.524. The predicted molar refractivity (Wildman–Crippen MR) is 80.3 cm³/mol. The topological polar surface area (TPSA) is 88.0 Å². The van der Waals surface area contributed by atoms with Gasteiger partial charge in [-0.25, -0.2) is 4.98 Å². The van der Waals surface area contributed by atoms with E-state index in [9.17, 15) is 4.79 Å². The van der Waals surface area contributed by atoms with Crippen LogP contribution in [0.1, 0.15) is 16.2 Å². The van der Waals surface area contributed by atoms with Gasteiger partial charge in [-0.15, -0.1) is 10.2 Å². The second-order valence-electron chi connectivity index (χ2n) is 4.86. The highest BCUT2D eigenvalue weighted by Crippen LogP contribution is 2.11. The van der Waals surface area contributed by atoms with Crippen LogP contribution in [0, 0.1) is 0 Å². The first-order chi connectivity index (χ1) is 10.8. The maximum absolute atomic E-state index is 12.2. The van der Waals surface area contributed by atoms with Crippen LogP contribution in [0.25, 0.3) is 16.7 Å². The average Bonchev–Trinajstić information content (AvgIpc) is 3.18. The number of hydrogen-bond donors (Lipinski definition) is 2. The van der Waals surface area contributed by atoms with Crippen LogP contribution in [-0.4, -0.2) is 30.5 Å². The molecule has 7 nitrogen and oxygen atoms in total. The molecule has 0 aliphatic heterocycles. The molecule has 4 aromatic rings. The zero-order chi connectivity index (χ0) is 14.9. The van der Waals surface area contributed by atoms with Crippen molar-refractivity contribution in [3.05, 3.63) is 60.3 Å². The van der Waals surface area contributed by atoms with Gasteiger partial charge in [0.2, 0.25) is 0 Å². The molecule has 7 heteroatoms. The van der Waals surface area contributed by atoms with Crippen molar-refractivity contribution in [1.82, 2.24) is 29.9 Å². The molecule has 0 bridgehead atoms. The van der Waals surface area contributed by atoms with Gasteiger partial charge in [-0.3, -0.25) is 9.20 Å². The summed E-state index contributed by atoms with van der Waals surface area (Å²) in [6, 6.07) is 11.0. The lowest BCUT2D eigenvalue weighted by molar-refractivity contribution is 0.0950. The predicted octanol–water partition coefficient (Wildman–Crippen LogP) is 1.54. The number of nitrogens with one attached hydrogen (secondary N) is 2. The van der Waals surface area contributed by atoms with Gasteiger partial charge in [0.1, 0.15) is 0 Å². The fourth-order valence-electron chi connectivity index (χ4n) is 2.35. The molecule has 3 aromatic heterocycles. The summed E-state index contributed by atoms with van der Waals surface area (Å²) < 4.78 is 1.85. The van der Waals surface area contributed by atoms with Gasteiger partial charge >= 0.3 is 0 Å². The van der Waals surface area contributed by atoms with Crippen LogP contribution in [-0.2, 0) is 6.54 Å². The smallest absolute Gasteiger partial charge is 0.251 e. The Morgan fingerprint density at radius 2 is 2.18 bits per heavy atom. The third kappa shape index (κ3) is 2.08. The molecule has 4 rings (SSSR count). The van der Waals surface area contributed by atoms with Crippen molar-refractivity contribution in [2.24, 2.45) is 0 Å². The highest BCUT2D eigenvalue weighted by Gasteiger charge is 2.10. The summed E-state index contributed by atoms with van der Waals surface area (Å²) in [4.78, 5) is 19.4. The van der Waals surface area contributed by atoms with E-state index < -0.39 is 0 Å². The zero-order valence-electron chi connectivity index (χ0n) is 11.5. The van der Waals surface area contributed by atoms with Gasteiger partial charge in [0.25, 0.3) is 5.91 Å². The summed E-state index contributed by atoms with van der Waals surface area (Å²) in [6.07, 6.45) is 3.47. The summed E-state index contributed by atoms with van der Waals surface area (Å²) in [6.45, 7) is 0.311. The zero-order valence-corrected chi connectivity index (χ0v) is 11.5. The maximum Gasteiger partial charge on any atom is 0.251 e. The molecule has 0 atom stereocenters. The summed E-state index contributed by atoms with van der Waals surface area (Å²) in [5, 5.41) is 11.0. The molecule has 1 amide bonds. The van der Waals surface area contributed by atoms with E-state index >= 15 is 0 Å². The van der Waals surface area contributed by atoms with Crippen molar-refractivity contribution in [2.75, 3.05) is 0 Å². The number of carbonyl (C=O) groups is 1. The molecule has 0 aliphatic rings. The number of fused-ring (bicyclic) bond motifs is 2. The first-order valence-electron chi connectivity index (χ1n) is 6.81. The van der Waals surface area contributed by atoms with E-state index in [4.69, 9.17) is 0 Å². The minimum atomic E-state index is -0.163. The van der Waals surface area contributed by atoms with Gasteiger partial charge in [0.05, 0.1) is 23.9 Å². The number of carbonyl (C=O) groups excluding carboxylic acids is 1. The van der Waals surface area contributed by atoms with Gasteiger partial charge in [-0.1, -0.05) is 6.07 Å². The lowest BCUT2D eigenvalue weighted by Crippen LogP contribution is -2.23. The Morgan fingerprint density at radius 3 is 3.14 bits per heavy atom. The quantitative estimate of drug-likeness (QED) is 0.599. The number of hydrogen-bond acceptors (Lipinski definition) is 4. The van der Waals surface area contributed by atoms with Crippen LogP contribution in [0.2, 0.25) is 0 Å². The minimum Gasteiger partial charge on any atom is -0.345 e. The van der Waals surface area contributed by atoms with E-state index in [1.807, 2.05) is 34.9 Å².